The van der Waals surface area contributed by atoms with Gasteiger partial charge in [-0.25, -0.2) is 0 Å². The maximum absolute atomic E-state index is 12.2. The van der Waals surface area contributed by atoms with Crippen LogP contribution in [0.5, 0.6) is 0 Å². The lowest BCUT2D eigenvalue weighted by Crippen LogP contribution is -2.53. The maximum Gasteiger partial charge on any atom is 0.254 e. The second-order valence-corrected chi connectivity index (χ2v) is 4.84. The first-order valence-electron chi connectivity index (χ1n) is 5.81. The molecule has 2 fully saturated rings. The van der Waals surface area contributed by atoms with Crippen molar-refractivity contribution in [2.24, 2.45) is 5.73 Å². The zero-order valence-corrected chi connectivity index (χ0v) is 9.37. The molecule has 2 N–H and O–H groups in total. The van der Waals surface area contributed by atoms with Crippen LogP contribution in [0.15, 0.2) is 0 Å². The average Bonchev–Trinajstić information content (AvgIpc) is 2.65. The van der Waals surface area contributed by atoms with E-state index < -0.39 is 5.60 Å². The van der Waals surface area contributed by atoms with Gasteiger partial charge in [-0.1, -0.05) is 0 Å². The summed E-state index contributed by atoms with van der Waals surface area (Å²) in [5.41, 5.74) is 5.30. The zero-order valence-electron chi connectivity index (χ0n) is 9.37. The Kier molecular flexibility index (Phi) is 2.98. The molecular weight excluding hydrogens is 192 g/mol. The smallest absolute Gasteiger partial charge is 0.254 e. The molecule has 2 aliphatic heterocycles. The Hall–Kier alpha value is -0.610. The van der Waals surface area contributed by atoms with Crippen LogP contribution >= 0.6 is 0 Å². The van der Waals surface area contributed by atoms with Crippen LogP contribution in [0.3, 0.4) is 0 Å². The molecule has 2 aliphatic rings. The minimum Gasteiger partial charge on any atom is -0.365 e. The summed E-state index contributed by atoms with van der Waals surface area (Å²) in [5.74, 6) is 0.134. The molecule has 2 rings (SSSR count). The number of piperidine rings is 1. The second-order valence-electron chi connectivity index (χ2n) is 4.84. The SMILES string of the molecule is CC1(C(=O)N2CCCC(N)C2)CCCO1. The summed E-state index contributed by atoms with van der Waals surface area (Å²) in [6.07, 6.45) is 3.88. The molecule has 0 spiro atoms. The number of nitrogens with zero attached hydrogens (tertiary/aromatic N) is 1. The number of likely N-dealkylation sites (tertiary alicyclic amines) is 1. The first-order chi connectivity index (χ1) is 7.12. The molecule has 0 aromatic carbocycles. The van der Waals surface area contributed by atoms with Gasteiger partial charge in [-0.2, -0.15) is 0 Å². The summed E-state index contributed by atoms with van der Waals surface area (Å²) in [6.45, 7) is 4.15. The van der Waals surface area contributed by atoms with Crippen LogP contribution < -0.4 is 5.73 Å². The normalized spacial score (nSPS) is 36.9. The van der Waals surface area contributed by atoms with E-state index >= 15 is 0 Å². The molecule has 2 saturated heterocycles. The lowest BCUT2D eigenvalue weighted by molar-refractivity contribution is -0.152. The van der Waals surface area contributed by atoms with Crippen LogP contribution in [0.25, 0.3) is 0 Å². The number of carbonyl (C=O) groups excluding carboxylic acids is 1. The van der Waals surface area contributed by atoms with Crippen LogP contribution in [-0.2, 0) is 9.53 Å². The largest absolute Gasteiger partial charge is 0.365 e. The maximum atomic E-state index is 12.2. The van der Waals surface area contributed by atoms with Crippen molar-refractivity contribution in [2.45, 2.75) is 44.2 Å². The molecule has 0 radical (unpaired) electrons. The fourth-order valence-electron chi connectivity index (χ4n) is 2.48. The van der Waals surface area contributed by atoms with Crippen LogP contribution in [0.2, 0.25) is 0 Å². The van der Waals surface area contributed by atoms with Gasteiger partial charge in [-0.05, 0) is 32.6 Å². The van der Waals surface area contributed by atoms with Crippen LogP contribution in [0, 0.1) is 0 Å². The molecule has 2 unspecified atom stereocenters. The fraction of sp³-hybridized carbons (Fsp3) is 0.909. The molecular formula is C11H20N2O2. The molecule has 86 valence electrons. The van der Waals surface area contributed by atoms with E-state index in [1.165, 1.54) is 0 Å². The molecule has 4 nitrogen and oxygen atoms in total. The highest BCUT2D eigenvalue weighted by atomic mass is 16.5. The van der Waals surface area contributed by atoms with Gasteiger partial charge in [0.25, 0.3) is 5.91 Å². The quantitative estimate of drug-likeness (QED) is 0.689. The summed E-state index contributed by atoms with van der Waals surface area (Å²) >= 11 is 0. The van der Waals surface area contributed by atoms with Gasteiger partial charge in [0.05, 0.1) is 0 Å². The Labute approximate surface area is 90.8 Å². The van der Waals surface area contributed by atoms with Crippen molar-refractivity contribution in [3.05, 3.63) is 0 Å². The monoisotopic (exact) mass is 212 g/mol. The Morgan fingerprint density at radius 3 is 2.93 bits per heavy atom. The molecule has 0 aromatic heterocycles. The van der Waals surface area contributed by atoms with E-state index in [1.807, 2.05) is 11.8 Å². The van der Waals surface area contributed by atoms with Crippen LogP contribution in [-0.4, -0.2) is 42.1 Å². The molecule has 1 amide bonds. The van der Waals surface area contributed by atoms with E-state index in [1.54, 1.807) is 0 Å². The van der Waals surface area contributed by atoms with Gasteiger partial charge in [0.1, 0.15) is 5.60 Å². The number of hydrogen-bond acceptors (Lipinski definition) is 3. The number of hydrogen-bond donors (Lipinski definition) is 1. The van der Waals surface area contributed by atoms with Crippen LogP contribution in [0.4, 0.5) is 0 Å². The van der Waals surface area contributed by atoms with E-state index in [0.29, 0.717) is 13.2 Å². The molecule has 2 atom stereocenters. The molecule has 0 aromatic rings. The standard InChI is InChI=1S/C11H20N2O2/c1-11(5-3-7-15-11)10(14)13-6-2-4-9(12)8-13/h9H,2-8,12H2,1H3. The van der Waals surface area contributed by atoms with Gasteiger partial charge in [0.15, 0.2) is 0 Å². The average molecular weight is 212 g/mol. The van der Waals surface area contributed by atoms with Gasteiger partial charge >= 0.3 is 0 Å². The van der Waals surface area contributed by atoms with Crippen molar-refractivity contribution in [3.63, 3.8) is 0 Å². The Morgan fingerprint density at radius 1 is 1.53 bits per heavy atom. The predicted octanol–water partition coefficient (Wildman–Crippen LogP) is 0.505. The van der Waals surface area contributed by atoms with Gasteiger partial charge < -0.3 is 15.4 Å². The molecule has 4 heteroatoms. The fourth-order valence-corrected chi connectivity index (χ4v) is 2.48. The molecule has 2 heterocycles. The topological polar surface area (TPSA) is 55.6 Å². The Morgan fingerprint density at radius 2 is 2.33 bits per heavy atom. The van der Waals surface area contributed by atoms with Crippen molar-refractivity contribution in [1.29, 1.82) is 0 Å². The van der Waals surface area contributed by atoms with E-state index in [0.717, 1.165) is 32.2 Å². The lowest BCUT2D eigenvalue weighted by Gasteiger charge is -2.35. The second kappa shape index (κ2) is 4.10. The first-order valence-corrected chi connectivity index (χ1v) is 5.81. The third kappa shape index (κ3) is 2.16. The number of nitrogens with two attached hydrogens (primary N) is 1. The summed E-state index contributed by atoms with van der Waals surface area (Å²) in [5, 5.41) is 0. The Balaban J connectivity index is 2.00. The summed E-state index contributed by atoms with van der Waals surface area (Å²) in [7, 11) is 0. The lowest BCUT2D eigenvalue weighted by atomic mass is 9.98. The highest BCUT2D eigenvalue weighted by Crippen LogP contribution is 2.28. The highest BCUT2D eigenvalue weighted by molar-refractivity contribution is 5.85. The summed E-state index contributed by atoms with van der Waals surface area (Å²) < 4.78 is 5.56. The number of rotatable bonds is 1. The van der Waals surface area contributed by atoms with Crippen molar-refractivity contribution in [2.75, 3.05) is 19.7 Å². The highest BCUT2D eigenvalue weighted by Gasteiger charge is 2.41. The van der Waals surface area contributed by atoms with Crippen molar-refractivity contribution < 1.29 is 9.53 Å². The van der Waals surface area contributed by atoms with Crippen LogP contribution in [0.1, 0.15) is 32.6 Å². The van der Waals surface area contributed by atoms with Crippen molar-refractivity contribution >= 4 is 5.91 Å². The minimum atomic E-state index is -0.572. The van der Waals surface area contributed by atoms with E-state index in [2.05, 4.69) is 0 Å². The minimum absolute atomic E-state index is 0.134. The molecule has 0 bridgehead atoms. The molecule has 15 heavy (non-hydrogen) atoms. The molecule has 0 aliphatic carbocycles. The number of amides is 1. The van der Waals surface area contributed by atoms with E-state index in [-0.39, 0.29) is 11.9 Å². The third-order valence-corrected chi connectivity index (χ3v) is 3.42. The van der Waals surface area contributed by atoms with Gasteiger partial charge in [-0.15, -0.1) is 0 Å². The third-order valence-electron chi connectivity index (χ3n) is 3.42. The molecule has 0 saturated carbocycles. The summed E-state index contributed by atoms with van der Waals surface area (Å²) in [4.78, 5) is 14.1. The Bertz CT molecular complexity index is 249. The zero-order chi connectivity index (χ0) is 10.9. The van der Waals surface area contributed by atoms with E-state index in [4.69, 9.17) is 10.5 Å². The predicted molar refractivity (Wildman–Crippen MR) is 57.4 cm³/mol. The summed E-state index contributed by atoms with van der Waals surface area (Å²) in [6, 6.07) is 0.146. The van der Waals surface area contributed by atoms with Gasteiger partial charge in [-0.3, -0.25) is 4.79 Å². The van der Waals surface area contributed by atoms with Crippen molar-refractivity contribution in [3.8, 4) is 0 Å². The first kappa shape index (κ1) is 10.9. The van der Waals surface area contributed by atoms with Gasteiger partial charge in [0, 0.05) is 25.7 Å². The van der Waals surface area contributed by atoms with Crippen molar-refractivity contribution in [1.82, 2.24) is 4.90 Å². The number of carbonyl (C=O) groups is 1. The number of ether oxygens (including phenoxy) is 1. The van der Waals surface area contributed by atoms with E-state index in [9.17, 15) is 4.79 Å². The van der Waals surface area contributed by atoms with Gasteiger partial charge in [0.2, 0.25) is 0 Å².